The fraction of sp³-hybridized carbons (Fsp3) is 0.333. The molecule has 2 aliphatic heterocycles. The minimum atomic E-state index is -1.34. The molecule has 0 spiro atoms. The number of ether oxygens (including phenoxy) is 1. The van der Waals surface area contributed by atoms with Gasteiger partial charge in [-0.3, -0.25) is 0 Å². The van der Waals surface area contributed by atoms with Gasteiger partial charge in [0.05, 0.1) is 13.8 Å². The SMILES string of the molecule is C[Si](C)(CC1CS1)c1ccc2c(c1)CNc1ccccc1O2. The molecule has 2 heterocycles. The lowest BCUT2D eigenvalue weighted by molar-refractivity contribution is 0.484. The topological polar surface area (TPSA) is 21.3 Å². The van der Waals surface area contributed by atoms with Gasteiger partial charge in [0.2, 0.25) is 0 Å². The molecule has 0 radical (unpaired) electrons. The van der Waals surface area contributed by atoms with Crippen LogP contribution in [0.2, 0.25) is 19.1 Å². The summed E-state index contributed by atoms with van der Waals surface area (Å²) in [6, 6.07) is 16.4. The van der Waals surface area contributed by atoms with Crippen molar-refractivity contribution in [2.24, 2.45) is 0 Å². The van der Waals surface area contributed by atoms with Crippen molar-refractivity contribution in [3.63, 3.8) is 0 Å². The average Bonchev–Trinajstić information content (AvgIpc) is 3.31. The number of rotatable bonds is 3. The summed E-state index contributed by atoms with van der Waals surface area (Å²) in [6.07, 6.45) is 0. The molecular formula is C18H21NOSSi. The Bertz CT molecular complexity index is 712. The van der Waals surface area contributed by atoms with Gasteiger partial charge in [-0.2, -0.15) is 11.8 Å². The zero-order chi connectivity index (χ0) is 15.2. The van der Waals surface area contributed by atoms with Crippen molar-refractivity contribution in [1.29, 1.82) is 0 Å². The Labute approximate surface area is 137 Å². The van der Waals surface area contributed by atoms with Crippen molar-refractivity contribution >= 4 is 30.7 Å². The maximum atomic E-state index is 6.11. The molecule has 4 rings (SSSR count). The van der Waals surface area contributed by atoms with Gasteiger partial charge in [0, 0.05) is 23.1 Å². The lowest BCUT2D eigenvalue weighted by Gasteiger charge is -2.23. The second-order valence-electron chi connectivity index (χ2n) is 6.82. The third-order valence-corrected chi connectivity index (χ3v) is 9.21. The average molecular weight is 328 g/mol. The Morgan fingerprint density at radius 1 is 1.18 bits per heavy atom. The van der Waals surface area contributed by atoms with E-state index in [4.69, 9.17) is 4.74 Å². The van der Waals surface area contributed by atoms with Gasteiger partial charge in [0.1, 0.15) is 5.75 Å². The van der Waals surface area contributed by atoms with Crippen LogP contribution in [0.15, 0.2) is 42.5 Å². The molecular weight excluding hydrogens is 306 g/mol. The summed E-state index contributed by atoms with van der Waals surface area (Å²) in [5, 5.41) is 5.97. The molecule has 0 amide bonds. The minimum Gasteiger partial charge on any atom is -0.455 e. The predicted molar refractivity (Wildman–Crippen MR) is 98.5 cm³/mol. The first-order valence-electron chi connectivity index (χ1n) is 7.88. The first kappa shape index (κ1) is 14.2. The molecule has 0 bridgehead atoms. The molecule has 1 N–H and O–H groups in total. The van der Waals surface area contributed by atoms with Crippen LogP contribution < -0.4 is 15.2 Å². The second kappa shape index (κ2) is 5.35. The fourth-order valence-corrected chi connectivity index (χ4v) is 7.92. The number of benzene rings is 2. The highest BCUT2D eigenvalue weighted by molar-refractivity contribution is 8.07. The summed E-state index contributed by atoms with van der Waals surface area (Å²) in [6.45, 7) is 5.82. The third kappa shape index (κ3) is 2.77. The molecule has 4 heteroatoms. The van der Waals surface area contributed by atoms with Crippen LogP contribution in [-0.4, -0.2) is 19.1 Å². The van der Waals surface area contributed by atoms with Crippen molar-refractivity contribution in [2.45, 2.75) is 30.9 Å². The van der Waals surface area contributed by atoms with Gasteiger partial charge in [-0.15, -0.1) is 0 Å². The molecule has 1 saturated heterocycles. The van der Waals surface area contributed by atoms with E-state index in [9.17, 15) is 0 Å². The highest BCUT2D eigenvalue weighted by atomic mass is 32.2. The first-order chi connectivity index (χ1) is 10.6. The Balaban J connectivity index is 1.65. The molecule has 0 aliphatic carbocycles. The zero-order valence-corrected chi connectivity index (χ0v) is 14.9. The third-order valence-electron chi connectivity index (χ3n) is 4.56. The standard InChI is InChI=1S/C18H21NOSSi/c1-22(2,12-14-11-21-14)15-7-8-17-13(9-15)10-19-16-5-3-4-6-18(16)20-17/h3-9,14,19H,10-12H2,1-2H3. The summed E-state index contributed by atoms with van der Waals surface area (Å²) >= 11 is 2.11. The van der Waals surface area contributed by atoms with E-state index in [0.29, 0.717) is 0 Å². The summed E-state index contributed by atoms with van der Waals surface area (Å²) < 4.78 is 6.11. The van der Waals surface area contributed by atoms with Gasteiger partial charge < -0.3 is 10.1 Å². The Kier molecular flexibility index (Phi) is 3.46. The number of hydrogen-bond acceptors (Lipinski definition) is 3. The molecule has 22 heavy (non-hydrogen) atoms. The van der Waals surface area contributed by atoms with Crippen LogP contribution in [0.25, 0.3) is 0 Å². The number of nitrogens with one attached hydrogen (secondary N) is 1. The lowest BCUT2D eigenvalue weighted by atomic mass is 10.2. The van der Waals surface area contributed by atoms with Crippen LogP contribution >= 0.6 is 11.8 Å². The zero-order valence-electron chi connectivity index (χ0n) is 13.1. The number of para-hydroxylation sites is 2. The smallest absolute Gasteiger partial charge is 0.150 e. The van der Waals surface area contributed by atoms with Crippen LogP contribution in [0.3, 0.4) is 0 Å². The molecule has 2 aromatic rings. The van der Waals surface area contributed by atoms with E-state index in [-0.39, 0.29) is 0 Å². The largest absolute Gasteiger partial charge is 0.455 e. The second-order valence-corrected chi connectivity index (χ2v) is 12.9. The van der Waals surface area contributed by atoms with E-state index in [1.165, 1.54) is 17.4 Å². The number of hydrogen-bond donors (Lipinski definition) is 1. The molecule has 1 fully saturated rings. The molecule has 1 unspecified atom stereocenters. The van der Waals surface area contributed by atoms with E-state index in [1.54, 1.807) is 5.19 Å². The van der Waals surface area contributed by atoms with Crippen LogP contribution in [0, 0.1) is 0 Å². The van der Waals surface area contributed by atoms with E-state index >= 15 is 0 Å². The van der Waals surface area contributed by atoms with Crippen molar-refractivity contribution in [2.75, 3.05) is 11.1 Å². The number of fused-ring (bicyclic) bond motifs is 2. The molecule has 2 aromatic carbocycles. The molecule has 114 valence electrons. The monoisotopic (exact) mass is 327 g/mol. The first-order valence-corrected chi connectivity index (χ1v) is 12.1. The Hall–Kier alpha value is -1.39. The Morgan fingerprint density at radius 3 is 2.82 bits per heavy atom. The van der Waals surface area contributed by atoms with Crippen molar-refractivity contribution in [1.82, 2.24) is 0 Å². The maximum Gasteiger partial charge on any atom is 0.150 e. The fourth-order valence-electron chi connectivity index (χ4n) is 3.12. The van der Waals surface area contributed by atoms with Crippen LogP contribution in [0.5, 0.6) is 11.5 Å². The van der Waals surface area contributed by atoms with Gasteiger partial charge in [0.15, 0.2) is 5.75 Å². The summed E-state index contributed by atoms with van der Waals surface area (Å²) in [5.41, 5.74) is 2.35. The van der Waals surface area contributed by atoms with Gasteiger partial charge >= 0.3 is 0 Å². The molecule has 0 saturated carbocycles. The van der Waals surface area contributed by atoms with Crippen molar-refractivity contribution in [3.05, 3.63) is 48.0 Å². The molecule has 0 aromatic heterocycles. The van der Waals surface area contributed by atoms with E-state index in [1.807, 2.05) is 18.2 Å². The quantitative estimate of drug-likeness (QED) is 0.665. The Morgan fingerprint density at radius 2 is 2.00 bits per heavy atom. The molecule has 2 nitrogen and oxygen atoms in total. The number of thioether (sulfide) groups is 1. The summed E-state index contributed by atoms with van der Waals surface area (Å²) in [7, 11) is -1.34. The number of anilines is 1. The van der Waals surface area contributed by atoms with E-state index < -0.39 is 8.07 Å². The maximum absolute atomic E-state index is 6.11. The van der Waals surface area contributed by atoms with Crippen LogP contribution in [-0.2, 0) is 6.54 Å². The highest BCUT2D eigenvalue weighted by Gasteiger charge is 2.34. The van der Waals surface area contributed by atoms with Crippen molar-refractivity contribution in [3.8, 4) is 11.5 Å². The predicted octanol–water partition coefficient (Wildman–Crippen LogP) is 4.44. The van der Waals surface area contributed by atoms with Crippen LogP contribution in [0.1, 0.15) is 5.56 Å². The van der Waals surface area contributed by atoms with E-state index in [0.717, 1.165) is 29.0 Å². The summed E-state index contributed by atoms with van der Waals surface area (Å²) in [5.74, 6) is 3.27. The molecule has 2 aliphatic rings. The van der Waals surface area contributed by atoms with Gasteiger partial charge in [0.25, 0.3) is 0 Å². The van der Waals surface area contributed by atoms with E-state index in [2.05, 4.69) is 54.4 Å². The van der Waals surface area contributed by atoms with Gasteiger partial charge in [-0.25, -0.2) is 0 Å². The lowest BCUT2D eigenvalue weighted by Crippen LogP contribution is -2.42. The van der Waals surface area contributed by atoms with Crippen molar-refractivity contribution < 1.29 is 4.74 Å². The molecule has 1 atom stereocenters. The summed E-state index contributed by atoms with van der Waals surface area (Å²) in [4.78, 5) is 0. The highest BCUT2D eigenvalue weighted by Crippen LogP contribution is 2.38. The minimum absolute atomic E-state index is 0.836. The van der Waals surface area contributed by atoms with Gasteiger partial charge in [-0.05, 0) is 24.2 Å². The van der Waals surface area contributed by atoms with Crippen LogP contribution in [0.4, 0.5) is 5.69 Å². The van der Waals surface area contributed by atoms with Gasteiger partial charge in [-0.1, -0.05) is 42.5 Å². The normalized spacial score (nSPS) is 19.3.